The Morgan fingerprint density at radius 3 is 2.31 bits per heavy atom. The quantitative estimate of drug-likeness (QED) is 0.320. The van der Waals surface area contributed by atoms with E-state index in [4.69, 9.17) is 18.9 Å². The Labute approximate surface area is 224 Å². The third-order valence-electron chi connectivity index (χ3n) is 6.17. The molecule has 1 aliphatic heterocycles. The van der Waals surface area contributed by atoms with Gasteiger partial charge in [0, 0.05) is 23.5 Å². The van der Waals surface area contributed by atoms with Gasteiger partial charge in [-0.3, -0.25) is 14.4 Å². The Bertz CT molecular complexity index is 1590. The molecule has 5 rings (SSSR count). The number of nitrogens with one attached hydrogen (secondary N) is 1. The summed E-state index contributed by atoms with van der Waals surface area (Å²) in [5.74, 6) is 1.51. The van der Waals surface area contributed by atoms with Crippen LogP contribution in [0.1, 0.15) is 29.8 Å². The summed E-state index contributed by atoms with van der Waals surface area (Å²) in [7, 11) is 0. The topological polar surface area (TPSA) is 105 Å². The first-order chi connectivity index (χ1) is 19.0. The number of ketones is 1. The van der Waals surface area contributed by atoms with Crippen LogP contribution >= 0.6 is 0 Å². The molecule has 1 aliphatic rings. The van der Waals surface area contributed by atoms with Gasteiger partial charge in [0.2, 0.25) is 11.3 Å². The molecule has 0 fully saturated rings. The number of carbonyl (C=O) groups is 2. The molecule has 9 nitrogen and oxygen atoms in total. The van der Waals surface area contributed by atoms with Crippen molar-refractivity contribution < 1.29 is 28.5 Å². The molecule has 2 heterocycles. The van der Waals surface area contributed by atoms with E-state index in [1.54, 1.807) is 65.2 Å². The van der Waals surface area contributed by atoms with Gasteiger partial charge in [0.1, 0.15) is 31.3 Å². The van der Waals surface area contributed by atoms with Crippen molar-refractivity contribution in [3.63, 3.8) is 0 Å². The highest BCUT2D eigenvalue weighted by Gasteiger charge is 2.20. The standard InChI is InChI=1S/C30H28N2O7/c1-3-36-21-8-5-19(6-9-21)29(34)24-17-32(25-11-10-22(37-4-2)16-23(25)30(24)35)18-28(33)31-20-7-12-26-27(15-20)39-14-13-38-26/h5-12,15-17H,3-4,13-14,18H2,1-2H3,(H,31,33). The first-order valence-corrected chi connectivity index (χ1v) is 12.7. The van der Waals surface area contributed by atoms with Gasteiger partial charge in [-0.25, -0.2) is 0 Å². The second-order valence-corrected chi connectivity index (χ2v) is 8.80. The Hall–Kier alpha value is -4.79. The third kappa shape index (κ3) is 5.57. The van der Waals surface area contributed by atoms with Crippen molar-refractivity contribution in [1.29, 1.82) is 0 Å². The van der Waals surface area contributed by atoms with Gasteiger partial charge in [-0.15, -0.1) is 0 Å². The molecular formula is C30H28N2O7. The molecule has 1 amide bonds. The smallest absolute Gasteiger partial charge is 0.244 e. The van der Waals surface area contributed by atoms with Crippen LogP contribution in [-0.4, -0.2) is 42.7 Å². The summed E-state index contributed by atoms with van der Waals surface area (Å²) in [5.41, 5.74) is 0.896. The maximum absolute atomic E-state index is 13.5. The van der Waals surface area contributed by atoms with Crippen molar-refractivity contribution in [3.05, 3.63) is 88.2 Å². The summed E-state index contributed by atoms with van der Waals surface area (Å²) in [6.07, 6.45) is 1.44. The molecule has 9 heteroatoms. The number of amides is 1. The molecule has 0 atom stereocenters. The van der Waals surface area contributed by atoms with Crippen LogP contribution in [0.5, 0.6) is 23.0 Å². The highest BCUT2D eigenvalue weighted by Crippen LogP contribution is 2.32. The molecule has 0 saturated carbocycles. The molecule has 0 bridgehead atoms. The van der Waals surface area contributed by atoms with Gasteiger partial charge in [-0.05, 0) is 68.4 Å². The molecule has 0 radical (unpaired) electrons. The average Bonchev–Trinajstić information content (AvgIpc) is 2.95. The molecule has 3 aromatic carbocycles. The summed E-state index contributed by atoms with van der Waals surface area (Å²) >= 11 is 0. The fourth-order valence-electron chi connectivity index (χ4n) is 4.43. The lowest BCUT2D eigenvalue weighted by Crippen LogP contribution is -2.24. The Balaban J connectivity index is 1.49. The number of hydrogen-bond donors (Lipinski definition) is 1. The number of nitrogens with zero attached hydrogens (tertiary/aromatic N) is 1. The minimum Gasteiger partial charge on any atom is -0.494 e. The maximum atomic E-state index is 13.5. The number of pyridine rings is 1. The highest BCUT2D eigenvalue weighted by atomic mass is 16.6. The molecule has 0 aliphatic carbocycles. The van der Waals surface area contributed by atoms with Crippen molar-refractivity contribution in [2.45, 2.75) is 20.4 Å². The zero-order valence-electron chi connectivity index (χ0n) is 21.7. The highest BCUT2D eigenvalue weighted by molar-refractivity contribution is 6.10. The van der Waals surface area contributed by atoms with Crippen LogP contribution in [-0.2, 0) is 11.3 Å². The van der Waals surface area contributed by atoms with Crippen LogP contribution in [0.2, 0.25) is 0 Å². The minimum atomic E-state index is -0.451. The largest absolute Gasteiger partial charge is 0.494 e. The second kappa shape index (κ2) is 11.3. The minimum absolute atomic E-state index is 0.0487. The first kappa shape index (κ1) is 25.8. The normalized spacial score (nSPS) is 12.2. The van der Waals surface area contributed by atoms with Gasteiger partial charge in [0.25, 0.3) is 0 Å². The number of fused-ring (bicyclic) bond motifs is 2. The van der Waals surface area contributed by atoms with E-state index in [-0.39, 0.29) is 23.4 Å². The van der Waals surface area contributed by atoms with E-state index in [1.807, 2.05) is 13.8 Å². The fraction of sp³-hybridized carbons (Fsp3) is 0.233. The first-order valence-electron chi connectivity index (χ1n) is 12.7. The van der Waals surface area contributed by atoms with Crippen molar-refractivity contribution in [3.8, 4) is 23.0 Å². The van der Waals surface area contributed by atoms with Gasteiger partial charge in [-0.1, -0.05) is 0 Å². The van der Waals surface area contributed by atoms with Crippen LogP contribution in [0.3, 0.4) is 0 Å². The molecule has 0 spiro atoms. The van der Waals surface area contributed by atoms with E-state index < -0.39 is 11.2 Å². The Morgan fingerprint density at radius 1 is 0.872 bits per heavy atom. The lowest BCUT2D eigenvalue weighted by atomic mass is 10.0. The maximum Gasteiger partial charge on any atom is 0.244 e. The van der Waals surface area contributed by atoms with Crippen LogP contribution in [0.25, 0.3) is 10.9 Å². The van der Waals surface area contributed by atoms with E-state index in [9.17, 15) is 14.4 Å². The molecule has 39 heavy (non-hydrogen) atoms. The van der Waals surface area contributed by atoms with Gasteiger partial charge < -0.3 is 28.8 Å². The van der Waals surface area contributed by atoms with E-state index in [0.717, 1.165) is 0 Å². The Kier molecular flexibility index (Phi) is 7.49. The number of anilines is 1. The van der Waals surface area contributed by atoms with E-state index in [2.05, 4.69) is 5.32 Å². The van der Waals surface area contributed by atoms with Gasteiger partial charge in [0.15, 0.2) is 17.3 Å². The lowest BCUT2D eigenvalue weighted by molar-refractivity contribution is -0.116. The van der Waals surface area contributed by atoms with E-state index in [1.165, 1.54) is 6.20 Å². The van der Waals surface area contributed by atoms with E-state index >= 15 is 0 Å². The molecule has 0 unspecified atom stereocenters. The van der Waals surface area contributed by atoms with Crippen molar-refractivity contribution in [2.75, 3.05) is 31.7 Å². The molecule has 4 aromatic rings. The number of ether oxygens (including phenoxy) is 4. The predicted octanol–water partition coefficient (Wildman–Crippen LogP) is 4.44. The van der Waals surface area contributed by atoms with Crippen LogP contribution in [0.15, 0.2) is 71.7 Å². The summed E-state index contributed by atoms with van der Waals surface area (Å²) in [5, 5.41) is 3.14. The van der Waals surface area contributed by atoms with Gasteiger partial charge >= 0.3 is 0 Å². The van der Waals surface area contributed by atoms with Crippen molar-refractivity contribution >= 4 is 28.3 Å². The summed E-state index contributed by atoms with van der Waals surface area (Å²) in [6.45, 7) is 5.40. The SMILES string of the molecule is CCOc1ccc(C(=O)c2cn(CC(=O)Nc3ccc4c(c3)OCCO4)c3ccc(OCC)cc3c2=O)cc1. The second-order valence-electron chi connectivity index (χ2n) is 8.80. The number of benzene rings is 3. The summed E-state index contributed by atoms with van der Waals surface area (Å²) in [6, 6.07) is 16.8. The van der Waals surface area contributed by atoms with Crippen LogP contribution < -0.4 is 29.7 Å². The summed E-state index contributed by atoms with van der Waals surface area (Å²) < 4.78 is 23.8. The molecule has 200 valence electrons. The predicted molar refractivity (Wildman–Crippen MR) is 146 cm³/mol. The molecule has 0 saturated heterocycles. The zero-order chi connectivity index (χ0) is 27.4. The lowest BCUT2D eigenvalue weighted by Gasteiger charge is -2.19. The van der Waals surface area contributed by atoms with Gasteiger partial charge in [0.05, 0.1) is 29.7 Å². The van der Waals surface area contributed by atoms with Crippen molar-refractivity contribution in [1.82, 2.24) is 4.57 Å². The number of rotatable bonds is 9. The number of carbonyl (C=O) groups excluding carboxylic acids is 2. The van der Waals surface area contributed by atoms with Crippen LogP contribution in [0, 0.1) is 0 Å². The van der Waals surface area contributed by atoms with Crippen molar-refractivity contribution in [2.24, 2.45) is 0 Å². The van der Waals surface area contributed by atoms with Gasteiger partial charge in [-0.2, -0.15) is 0 Å². The van der Waals surface area contributed by atoms with Crippen LogP contribution in [0.4, 0.5) is 5.69 Å². The molecular weight excluding hydrogens is 500 g/mol. The Morgan fingerprint density at radius 2 is 1.56 bits per heavy atom. The van der Waals surface area contributed by atoms with E-state index in [0.29, 0.717) is 66.2 Å². The third-order valence-corrected chi connectivity index (χ3v) is 6.17. The molecule has 1 aromatic heterocycles. The molecule has 1 N–H and O–H groups in total. The zero-order valence-corrected chi connectivity index (χ0v) is 21.7. The average molecular weight is 529 g/mol. The summed E-state index contributed by atoms with van der Waals surface area (Å²) in [4.78, 5) is 40.0. The monoisotopic (exact) mass is 528 g/mol. The number of hydrogen-bond acceptors (Lipinski definition) is 7. The fourth-order valence-corrected chi connectivity index (χ4v) is 4.43. The number of aromatic nitrogens is 1.